The predicted octanol–water partition coefficient (Wildman–Crippen LogP) is 3.75. The third kappa shape index (κ3) is 4.85. The van der Waals surface area contributed by atoms with Crippen LogP contribution in [0.4, 0.5) is 0 Å². The molecule has 1 fully saturated rings. The molecule has 130 valence electrons. The van der Waals surface area contributed by atoms with Gasteiger partial charge in [0, 0.05) is 12.1 Å². The molecule has 1 aliphatic rings. The first-order valence-electron chi connectivity index (χ1n) is 9.05. The fourth-order valence-corrected chi connectivity index (χ4v) is 3.31. The second-order valence-electron chi connectivity index (χ2n) is 6.28. The molecule has 0 radical (unpaired) electrons. The maximum atomic E-state index is 6.16. The maximum Gasteiger partial charge on any atom is 0.165 e. The number of nitrogens with zero attached hydrogens (tertiary/aromatic N) is 1. The number of benzene rings is 1. The molecule has 0 aromatic heterocycles. The van der Waals surface area contributed by atoms with Crippen LogP contribution in [0.2, 0.25) is 0 Å². The summed E-state index contributed by atoms with van der Waals surface area (Å²) in [4.78, 5) is 2.52. The molecule has 1 aliphatic heterocycles. The minimum absolute atomic E-state index is 0.208. The van der Waals surface area contributed by atoms with Crippen molar-refractivity contribution in [2.75, 3.05) is 33.4 Å². The molecule has 4 nitrogen and oxygen atoms in total. The number of para-hydroxylation sites is 1. The minimum atomic E-state index is 0.208. The molecule has 2 N–H and O–H groups in total. The summed E-state index contributed by atoms with van der Waals surface area (Å²) in [6.45, 7) is 5.74. The first-order chi connectivity index (χ1) is 11.3. The van der Waals surface area contributed by atoms with Crippen molar-refractivity contribution >= 4 is 0 Å². The highest BCUT2D eigenvalue weighted by molar-refractivity contribution is 5.48. The molecule has 1 aromatic rings. The summed E-state index contributed by atoms with van der Waals surface area (Å²) < 4.78 is 11.6. The van der Waals surface area contributed by atoms with Crippen LogP contribution in [0, 0.1) is 0 Å². The van der Waals surface area contributed by atoms with Gasteiger partial charge in [0.2, 0.25) is 0 Å². The Morgan fingerprint density at radius 3 is 2.52 bits per heavy atom. The SMILES string of the molecule is CCCCOc1c(OC)cccc1C(CN)N1CCCCCC1. The van der Waals surface area contributed by atoms with Crippen LogP contribution >= 0.6 is 0 Å². The minimum Gasteiger partial charge on any atom is -0.493 e. The van der Waals surface area contributed by atoms with E-state index in [1.54, 1.807) is 7.11 Å². The molecule has 4 heteroatoms. The van der Waals surface area contributed by atoms with Gasteiger partial charge in [0.15, 0.2) is 11.5 Å². The van der Waals surface area contributed by atoms with Crippen molar-refractivity contribution in [1.82, 2.24) is 4.90 Å². The topological polar surface area (TPSA) is 47.7 Å². The van der Waals surface area contributed by atoms with Crippen LogP contribution in [0.15, 0.2) is 18.2 Å². The van der Waals surface area contributed by atoms with E-state index in [0.29, 0.717) is 6.54 Å². The molecule has 0 saturated carbocycles. The van der Waals surface area contributed by atoms with Gasteiger partial charge in [-0.05, 0) is 38.4 Å². The van der Waals surface area contributed by atoms with E-state index in [9.17, 15) is 0 Å². The highest BCUT2D eigenvalue weighted by Crippen LogP contribution is 2.37. The van der Waals surface area contributed by atoms with E-state index < -0.39 is 0 Å². The van der Waals surface area contributed by atoms with Crippen molar-refractivity contribution in [1.29, 1.82) is 0 Å². The van der Waals surface area contributed by atoms with Gasteiger partial charge in [-0.1, -0.05) is 38.3 Å². The normalized spacial score (nSPS) is 17.5. The van der Waals surface area contributed by atoms with Crippen molar-refractivity contribution in [3.05, 3.63) is 23.8 Å². The number of unbranched alkanes of at least 4 members (excludes halogenated alkanes) is 1. The summed E-state index contributed by atoms with van der Waals surface area (Å²) in [6.07, 6.45) is 7.34. The van der Waals surface area contributed by atoms with Crippen LogP contribution in [0.5, 0.6) is 11.5 Å². The number of methoxy groups -OCH3 is 1. The van der Waals surface area contributed by atoms with Crippen molar-refractivity contribution in [2.24, 2.45) is 5.73 Å². The van der Waals surface area contributed by atoms with Gasteiger partial charge in [0.25, 0.3) is 0 Å². The molecule has 1 saturated heterocycles. The van der Waals surface area contributed by atoms with Gasteiger partial charge in [0.05, 0.1) is 19.8 Å². The van der Waals surface area contributed by atoms with Gasteiger partial charge in [-0.2, -0.15) is 0 Å². The smallest absolute Gasteiger partial charge is 0.165 e. The zero-order chi connectivity index (χ0) is 16.5. The summed E-state index contributed by atoms with van der Waals surface area (Å²) in [7, 11) is 1.70. The van der Waals surface area contributed by atoms with Gasteiger partial charge in [-0.3, -0.25) is 4.90 Å². The van der Waals surface area contributed by atoms with E-state index in [4.69, 9.17) is 15.2 Å². The third-order valence-electron chi connectivity index (χ3n) is 4.64. The molecule has 1 atom stereocenters. The Balaban J connectivity index is 2.26. The second-order valence-corrected chi connectivity index (χ2v) is 6.28. The van der Waals surface area contributed by atoms with Crippen LogP contribution in [0.25, 0.3) is 0 Å². The summed E-state index contributed by atoms with van der Waals surface area (Å²) in [5.41, 5.74) is 7.34. The monoisotopic (exact) mass is 320 g/mol. The van der Waals surface area contributed by atoms with Crippen molar-refractivity contribution in [2.45, 2.75) is 51.5 Å². The molecule has 0 spiro atoms. The first-order valence-corrected chi connectivity index (χ1v) is 9.05. The van der Waals surface area contributed by atoms with E-state index in [2.05, 4.69) is 17.9 Å². The molecule has 0 aliphatic carbocycles. The average Bonchev–Trinajstić information content (AvgIpc) is 2.86. The standard InChI is InChI=1S/C19H32N2O2/c1-3-4-14-23-19-16(10-9-11-18(19)22-2)17(15-20)21-12-7-5-6-8-13-21/h9-11,17H,3-8,12-15,20H2,1-2H3. The molecule has 1 unspecified atom stereocenters. The van der Waals surface area contributed by atoms with E-state index in [0.717, 1.165) is 44.0 Å². The number of likely N-dealkylation sites (tertiary alicyclic amines) is 1. The molecule has 0 amide bonds. The van der Waals surface area contributed by atoms with Crippen LogP contribution in [-0.4, -0.2) is 38.3 Å². The molecular weight excluding hydrogens is 288 g/mol. The Bertz CT molecular complexity index is 457. The number of hydrogen-bond acceptors (Lipinski definition) is 4. The Morgan fingerprint density at radius 2 is 1.91 bits per heavy atom. The zero-order valence-electron chi connectivity index (χ0n) is 14.7. The first kappa shape index (κ1) is 18.1. The largest absolute Gasteiger partial charge is 0.493 e. The van der Waals surface area contributed by atoms with Gasteiger partial charge >= 0.3 is 0 Å². The molecule has 23 heavy (non-hydrogen) atoms. The lowest BCUT2D eigenvalue weighted by Gasteiger charge is -2.31. The highest BCUT2D eigenvalue weighted by Gasteiger charge is 2.25. The lowest BCUT2D eigenvalue weighted by atomic mass is 10.0. The van der Waals surface area contributed by atoms with Crippen LogP contribution < -0.4 is 15.2 Å². The molecule has 2 rings (SSSR count). The van der Waals surface area contributed by atoms with Gasteiger partial charge < -0.3 is 15.2 Å². The number of nitrogens with two attached hydrogens (primary N) is 1. The lowest BCUT2D eigenvalue weighted by molar-refractivity contribution is 0.200. The lowest BCUT2D eigenvalue weighted by Crippen LogP contribution is -2.34. The number of ether oxygens (including phenoxy) is 2. The van der Waals surface area contributed by atoms with E-state index in [1.807, 2.05) is 12.1 Å². The van der Waals surface area contributed by atoms with Crippen molar-refractivity contribution in [3.63, 3.8) is 0 Å². The summed E-state index contributed by atoms with van der Waals surface area (Å²) >= 11 is 0. The Morgan fingerprint density at radius 1 is 1.17 bits per heavy atom. The van der Waals surface area contributed by atoms with Crippen molar-refractivity contribution < 1.29 is 9.47 Å². The predicted molar refractivity (Wildman–Crippen MR) is 95.2 cm³/mol. The average molecular weight is 320 g/mol. The quantitative estimate of drug-likeness (QED) is 0.741. The fraction of sp³-hybridized carbons (Fsp3) is 0.684. The zero-order valence-corrected chi connectivity index (χ0v) is 14.7. The van der Waals surface area contributed by atoms with E-state index in [-0.39, 0.29) is 6.04 Å². The van der Waals surface area contributed by atoms with Crippen LogP contribution in [0.1, 0.15) is 57.1 Å². The van der Waals surface area contributed by atoms with E-state index >= 15 is 0 Å². The highest BCUT2D eigenvalue weighted by atomic mass is 16.5. The number of rotatable bonds is 8. The van der Waals surface area contributed by atoms with Crippen LogP contribution in [0.3, 0.4) is 0 Å². The van der Waals surface area contributed by atoms with E-state index in [1.165, 1.54) is 31.2 Å². The third-order valence-corrected chi connectivity index (χ3v) is 4.64. The van der Waals surface area contributed by atoms with Crippen LogP contribution in [-0.2, 0) is 0 Å². The Labute approximate surface area is 140 Å². The summed E-state index contributed by atoms with van der Waals surface area (Å²) in [5, 5.41) is 0. The fourth-order valence-electron chi connectivity index (χ4n) is 3.31. The Hall–Kier alpha value is -1.26. The number of hydrogen-bond donors (Lipinski definition) is 1. The van der Waals surface area contributed by atoms with Crippen molar-refractivity contribution in [3.8, 4) is 11.5 Å². The molecular formula is C19H32N2O2. The summed E-state index contributed by atoms with van der Waals surface area (Å²) in [6, 6.07) is 6.37. The van der Waals surface area contributed by atoms with Gasteiger partial charge in [-0.15, -0.1) is 0 Å². The van der Waals surface area contributed by atoms with Gasteiger partial charge in [-0.25, -0.2) is 0 Å². The Kier molecular flexibility index (Phi) is 7.69. The summed E-state index contributed by atoms with van der Waals surface area (Å²) in [5.74, 6) is 1.69. The molecule has 1 heterocycles. The second kappa shape index (κ2) is 9.78. The van der Waals surface area contributed by atoms with Gasteiger partial charge in [0.1, 0.15) is 0 Å². The molecule has 1 aromatic carbocycles. The molecule has 0 bridgehead atoms. The maximum absolute atomic E-state index is 6.16.